The summed E-state index contributed by atoms with van der Waals surface area (Å²) in [4.78, 5) is 32.6. The lowest BCUT2D eigenvalue weighted by molar-refractivity contribution is -0.113. The van der Waals surface area contributed by atoms with Gasteiger partial charge in [-0.2, -0.15) is 9.37 Å². The van der Waals surface area contributed by atoms with Gasteiger partial charge in [0, 0.05) is 48.4 Å². The van der Waals surface area contributed by atoms with Crippen LogP contribution in [0.2, 0.25) is 0 Å². The molecule has 1 amide bonds. The second-order valence-corrected chi connectivity index (χ2v) is 9.56. The lowest BCUT2D eigenvalue weighted by atomic mass is 10.1. The Balaban J connectivity index is 1.31. The molecular weight excluding hydrogens is 497 g/mol. The number of rotatable bonds is 5. The van der Waals surface area contributed by atoms with E-state index in [1.54, 1.807) is 12.3 Å². The fourth-order valence-electron chi connectivity index (χ4n) is 4.15. The number of thiazole rings is 1. The molecule has 2 N–H and O–H groups in total. The highest BCUT2D eigenvalue weighted by Gasteiger charge is 2.26. The number of amides is 1. The molecule has 10 nitrogen and oxygen atoms in total. The third-order valence-electron chi connectivity index (χ3n) is 5.98. The fourth-order valence-corrected chi connectivity index (χ4v) is 5.15. The Morgan fingerprint density at radius 3 is 2.81 bits per heavy atom. The first kappa shape index (κ1) is 23.3. The van der Waals surface area contributed by atoms with E-state index in [1.165, 1.54) is 29.9 Å². The van der Waals surface area contributed by atoms with Crippen LogP contribution in [0.3, 0.4) is 0 Å². The summed E-state index contributed by atoms with van der Waals surface area (Å²) in [5, 5.41) is 6.82. The van der Waals surface area contributed by atoms with Crippen molar-refractivity contribution in [3.05, 3.63) is 71.9 Å². The highest BCUT2D eigenvalue weighted by molar-refractivity contribution is 7.22. The first-order valence-corrected chi connectivity index (χ1v) is 12.5. The minimum absolute atomic E-state index is 0.254. The molecule has 0 radical (unpaired) electrons. The minimum atomic E-state index is -0.645. The molecule has 0 bridgehead atoms. The van der Waals surface area contributed by atoms with Crippen LogP contribution in [0, 0.1) is 12.9 Å². The molecule has 1 fully saturated rings. The first-order chi connectivity index (χ1) is 18.0. The number of hydrogen-bond donors (Lipinski definition) is 2. The van der Waals surface area contributed by atoms with Crippen molar-refractivity contribution in [2.45, 2.75) is 13.2 Å². The lowest BCUT2D eigenvalue weighted by Gasteiger charge is -2.25. The maximum atomic E-state index is 14.0. The Kier molecular flexibility index (Phi) is 6.10. The summed E-state index contributed by atoms with van der Waals surface area (Å²) in [6.07, 6.45) is 3.93. The molecule has 0 saturated carbocycles. The molecule has 1 saturated heterocycles. The number of hydrogen-bond acceptors (Lipinski definition) is 10. The zero-order chi connectivity index (χ0) is 25.4. The molecule has 188 valence electrons. The average Bonchev–Trinajstić information content (AvgIpc) is 3.56. The molecule has 0 aromatic carbocycles. The second kappa shape index (κ2) is 9.71. The normalized spacial score (nSPS) is 17.3. The van der Waals surface area contributed by atoms with E-state index in [4.69, 9.17) is 19.4 Å². The van der Waals surface area contributed by atoms with Crippen molar-refractivity contribution in [1.82, 2.24) is 25.3 Å². The maximum absolute atomic E-state index is 14.0. The van der Waals surface area contributed by atoms with Crippen LogP contribution >= 0.6 is 11.3 Å². The van der Waals surface area contributed by atoms with Crippen molar-refractivity contribution in [3.63, 3.8) is 0 Å². The summed E-state index contributed by atoms with van der Waals surface area (Å²) >= 11 is 1.48. The van der Waals surface area contributed by atoms with Crippen molar-refractivity contribution in [1.29, 1.82) is 0 Å². The number of aryl methyl sites for hydroxylation is 1. The summed E-state index contributed by atoms with van der Waals surface area (Å²) < 4.78 is 25.9. The van der Waals surface area contributed by atoms with Crippen molar-refractivity contribution in [2.75, 3.05) is 36.5 Å². The second-order valence-electron chi connectivity index (χ2n) is 8.55. The van der Waals surface area contributed by atoms with Gasteiger partial charge in [0.1, 0.15) is 12.0 Å². The van der Waals surface area contributed by atoms with E-state index in [-0.39, 0.29) is 5.70 Å². The van der Waals surface area contributed by atoms with Gasteiger partial charge in [-0.15, -0.1) is 0 Å². The van der Waals surface area contributed by atoms with Gasteiger partial charge in [0.05, 0.1) is 29.3 Å². The van der Waals surface area contributed by atoms with Gasteiger partial charge in [-0.05, 0) is 31.2 Å². The number of nitrogens with zero attached hydrogens (tertiary/aromatic N) is 5. The van der Waals surface area contributed by atoms with E-state index in [1.807, 2.05) is 25.1 Å². The maximum Gasteiger partial charge on any atom is 0.275 e. The third kappa shape index (κ3) is 4.80. The van der Waals surface area contributed by atoms with Crippen molar-refractivity contribution >= 4 is 38.4 Å². The summed E-state index contributed by atoms with van der Waals surface area (Å²) in [6, 6.07) is 8.44. The van der Waals surface area contributed by atoms with E-state index < -0.39 is 18.1 Å². The van der Waals surface area contributed by atoms with Gasteiger partial charge >= 0.3 is 0 Å². The molecule has 0 aliphatic carbocycles. The van der Waals surface area contributed by atoms with Gasteiger partial charge in [0.15, 0.2) is 17.0 Å². The number of pyridine rings is 3. The molecule has 6 heterocycles. The number of fused-ring (bicyclic) bond motifs is 1. The Morgan fingerprint density at radius 2 is 2.00 bits per heavy atom. The van der Waals surface area contributed by atoms with E-state index in [2.05, 4.69) is 25.5 Å². The van der Waals surface area contributed by atoms with Crippen LogP contribution in [0.15, 0.2) is 54.7 Å². The highest BCUT2D eigenvalue weighted by atomic mass is 32.1. The Hall–Kier alpha value is -4.16. The standard InChI is InChI=1S/C25H22FN7O3S/c1-14-10-16(3-4-27-14)24-30-18(13-36-24)23(34)29-17-12-19-22(31-21(17)15-2-5-28-20(26)11-15)32-25(37-19)33-6-8-35-9-7-33/h2-5,10-13,24,30H,6-9H2,1H3,(H,29,34). The van der Waals surface area contributed by atoms with Crippen LogP contribution in [0.25, 0.3) is 21.6 Å². The van der Waals surface area contributed by atoms with Crippen LogP contribution in [0.4, 0.5) is 15.2 Å². The molecule has 0 spiro atoms. The molecule has 2 aliphatic heterocycles. The number of aromatic nitrogens is 4. The van der Waals surface area contributed by atoms with Crippen LogP contribution in [0.1, 0.15) is 17.5 Å². The van der Waals surface area contributed by atoms with E-state index in [0.29, 0.717) is 35.8 Å². The zero-order valence-corrected chi connectivity index (χ0v) is 20.6. The summed E-state index contributed by atoms with van der Waals surface area (Å²) in [6.45, 7) is 4.64. The number of halogens is 1. The van der Waals surface area contributed by atoms with Crippen molar-refractivity contribution in [2.24, 2.45) is 0 Å². The van der Waals surface area contributed by atoms with Crippen LogP contribution in [-0.4, -0.2) is 52.1 Å². The molecule has 12 heteroatoms. The summed E-state index contributed by atoms with van der Waals surface area (Å²) in [5.74, 6) is -1.06. The molecule has 37 heavy (non-hydrogen) atoms. The highest BCUT2D eigenvalue weighted by Crippen LogP contribution is 2.35. The Labute approximate surface area is 215 Å². The molecule has 6 rings (SSSR count). The number of morpholine rings is 1. The van der Waals surface area contributed by atoms with Crippen LogP contribution in [0.5, 0.6) is 0 Å². The quantitative estimate of drug-likeness (QED) is 0.382. The number of anilines is 2. The molecule has 2 aliphatic rings. The average molecular weight is 520 g/mol. The van der Waals surface area contributed by atoms with Gasteiger partial charge in [-0.25, -0.2) is 9.97 Å². The molecule has 1 unspecified atom stereocenters. The van der Waals surface area contributed by atoms with E-state index in [9.17, 15) is 9.18 Å². The number of nitrogens with one attached hydrogen (secondary N) is 2. The molecule has 1 atom stereocenters. The topological polar surface area (TPSA) is 114 Å². The Morgan fingerprint density at radius 1 is 1.16 bits per heavy atom. The first-order valence-electron chi connectivity index (χ1n) is 11.7. The van der Waals surface area contributed by atoms with Gasteiger partial charge in [0.25, 0.3) is 5.91 Å². The largest absolute Gasteiger partial charge is 0.472 e. The predicted molar refractivity (Wildman–Crippen MR) is 136 cm³/mol. The monoisotopic (exact) mass is 519 g/mol. The fraction of sp³-hybridized carbons (Fsp3) is 0.240. The van der Waals surface area contributed by atoms with Gasteiger partial charge in [-0.3, -0.25) is 9.78 Å². The summed E-state index contributed by atoms with van der Waals surface area (Å²) in [7, 11) is 0. The smallest absolute Gasteiger partial charge is 0.275 e. The molecule has 4 aromatic heterocycles. The van der Waals surface area contributed by atoms with E-state index in [0.717, 1.165) is 34.2 Å². The molecule has 4 aromatic rings. The Bertz CT molecular complexity index is 1520. The predicted octanol–water partition coefficient (Wildman–Crippen LogP) is 3.53. The van der Waals surface area contributed by atoms with Crippen molar-refractivity contribution in [3.8, 4) is 11.3 Å². The van der Waals surface area contributed by atoms with Crippen molar-refractivity contribution < 1.29 is 18.7 Å². The summed E-state index contributed by atoms with van der Waals surface area (Å²) in [5.41, 5.74) is 3.75. The number of carbonyl (C=O) groups excluding carboxylic acids is 1. The third-order valence-corrected chi connectivity index (χ3v) is 7.03. The van der Waals surface area contributed by atoms with Gasteiger partial charge in [0.2, 0.25) is 5.95 Å². The molecular formula is C25H22FN7O3S. The van der Waals surface area contributed by atoms with Crippen LogP contribution in [-0.2, 0) is 14.3 Å². The lowest BCUT2D eigenvalue weighted by Crippen LogP contribution is -2.36. The minimum Gasteiger partial charge on any atom is -0.472 e. The van der Waals surface area contributed by atoms with E-state index >= 15 is 0 Å². The SMILES string of the molecule is Cc1cc(C2NC(C(=O)Nc3cc4sc(N5CCOCC5)nc4nc3-c3ccnc(F)c3)=CO2)ccn1. The van der Waals surface area contributed by atoms with Gasteiger partial charge < -0.3 is 25.0 Å². The zero-order valence-electron chi connectivity index (χ0n) is 19.8. The number of carbonyl (C=O) groups is 1. The van der Waals surface area contributed by atoms with Crippen LogP contribution < -0.4 is 15.5 Å². The number of ether oxygens (including phenoxy) is 2. The van der Waals surface area contributed by atoms with Gasteiger partial charge in [-0.1, -0.05) is 11.3 Å².